The molecular formula is C34H30N6O3. The molecule has 3 heterocycles. The summed E-state index contributed by atoms with van der Waals surface area (Å²) in [4.78, 5) is 39.2. The normalized spacial score (nSPS) is 17.0. The molecule has 2 N–H and O–H groups in total. The molecular weight excluding hydrogens is 540 g/mol. The number of carbonyl (C=O) groups is 3. The summed E-state index contributed by atoms with van der Waals surface area (Å²) in [5.74, 6) is 5.78. The molecule has 6 rings (SSSR count). The monoisotopic (exact) mass is 570 g/mol. The fourth-order valence-electron chi connectivity index (χ4n) is 5.47. The fraction of sp³-hybridized carbons (Fsp3) is 0.265. The van der Waals surface area contributed by atoms with Crippen molar-refractivity contribution in [1.82, 2.24) is 15.1 Å². The molecule has 1 unspecified atom stereocenters. The standard InChI is InChI=1S/C34H30N6O3/c1-34(2,33(43)37-30-15-11-25(17-35)27-5-3-4-6-29(27)30)40-21-22(18-36-40)7-8-23-19-39(20-23)26-12-9-24(10-13-26)28-14-16-31(41)38-32(28)42/h3-6,9-13,15,18,21,23,28H,14,16,19-20H2,1-2H3,(H,37,43)(H,38,41,42). The minimum atomic E-state index is -0.984. The van der Waals surface area contributed by atoms with Gasteiger partial charge in [0.2, 0.25) is 11.8 Å². The molecule has 214 valence electrons. The number of nitriles is 1. The number of carbonyl (C=O) groups excluding carboxylic acids is 3. The number of imide groups is 1. The van der Waals surface area contributed by atoms with Crippen LogP contribution in [0.4, 0.5) is 11.4 Å². The summed E-state index contributed by atoms with van der Waals surface area (Å²) in [6, 6.07) is 21.1. The Labute approximate surface area is 249 Å². The number of aromatic nitrogens is 2. The number of benzene rings is 3. The Morgan fingerprint density at radius 1 is 1.05 bits per heavy atom. The van der Waals surface area contributed by atoms with Gasteiger partial charge in [0, 0.05) is 47.9 Å². The number of piperidine rings is 1. The van der Waals surface area contributed by atoms with Crippen molar-refractivity contribution in [3.05, 3.63) is 89.7 Å². The largest absolute Gasteiger partial charge is 0.369 e. The van der Waals surface area contributed by atoms with E-state index in [1.807, 2.05) is 48.5 Å². The van der Waals surface area contributed by atoms with Crippen LogP contribution in [-0.2, 0) is 19.9 Å². The van der Waals surface area contributed by atoms with Gasteiger partial charge in [0.1, 0.15) is 5.54 Å². The lowest BCUT2D eigenvalue weighted by Gasteiger charge is -2.38. The minimum Gasteiger partial charge on any atom is -0.369 e. The zero-order valence-corrected chi connectivity index (χ0v) is 23.9. The van der Waals surface area contributed by atoms with Crippen LogP contribution in [0.3, 0.4) is 0 Å². The zero-order valence-electron chi connectivity index (χ0n) is 23.9. The molecule has 0 spiro atoms. The van der Waals surface area contributed by atoms with Crippen LogP contribution in [0.2, 0.25) is 0 Å². The van der Waals surface area contributed by atoms with E-state index in [1.165, 1.54) is 0 Å². The van der Waals surface area contributed by atoms with Crippen LogP contribution in [-0.4, -0.2) is 40.6 Å². The summed E-state index contributed by atoms with van der Waals surface area (Å²) in [7, 11) is 0. The van der Waals surface area contributed by atoms with Crippen LogP contribution in [0, 0.1) is 29.1 Å². The number of amides is 3. The first-order valence-corrected chi connectivity index (χ1v) is 14.2. The van der Waals surface area contributed by atoms with Gasteiger partial charge in [-0.05, 0) is 50.1 Å². The summed E-state index contributed by atoms with van der Waals surface area (Å²) in [6.45, 7) is 5.19. The van der Waals surface area contributed by atoms with Gasteiger partial charge in [-0.15, -0.1) is 0 Å². The number of anilines is 2. The quantitative estimate of drug-likeness (QED) is 0.273. The van der Waals surface area contributed by atoms with E-state index >= 15 is 0 Å². The summed E-state index contributed by atoms with van der Waals surface area (Å²) in [6.07, 6.45) is 4.36. The average Bonchev–Trinajstić information content (AvgIpc) is 3.47. The molecule has 43 heavy (non-hydrogen) atoms. The first-order chi connectivity index (χ1) is 20.7. The van der Waals surface area contributed by atoms with Crippen LogP contribution in [0.5, 0.6) is 0 Å². The average molecular weight is 571 g/mol. The molecule has 3 amide bonds. The molecule has 4 aromatic rings. The Kier molecular flexibility index (Phi) is 7.17. The van der Waals surface area contributed by atoms with Crippen molar-refractivity contribution in [2.75, 3.05) is 23.3 Å². The third kappa shape index (κ3) is 5.45. The van der Waals surface area contributed by atoms with Crippen LogP contribution in [0.15, 0.2) is 73.1 Å². The smallest absolute Gasteiger partial charge is 0.251 e. The Morgan fingerprint density at radius 3 is 2.51 bits per heavy atom. The molecule has 9 heteroatoms. The molecule has 0 saturated carbocycles. The third-order valence-electron chi connectivity index (χ3n) is 8.21. The Hall–Kier alpha value is -5.41. The highest BCUT2D eigenvalue weighted by molar-refractivity contribution is 6.06. The maximum Gasteiger partial charge on any atom is 0.251 e. The van der Waals surface area contributed by atoms with Crippen molar-refractivity contribution >= 4 is 39.9 Å². The van der Waals surface area contributed by atoms with Gasteiger partial charge in [-0.1, -0.05) is 48.2 Å². The number of nitrogens with zero attached hydrogens (tertiary/aromatic N) is 4. The molecule has 1 atom stereocenters. The first-order valence-electron chi connectivity index (χ1n) is 14.2. The number of nitrogens with one attached hydrogen (secondary N) is 2. The van der Waals surface area contributed by atoms with E-state index in [4.69, 9.17) is 0 Å². The Morgan fingerprint density at radius 2 is 1.79 bits per heavy atom. The molecule has 2 fully saturated rings. The van der Waals surface area contributed by atoms with Gasteiger partial charge >= 0.3 is 0 Å². The predicted octanol–water partition coefficient (Wildman–Crippen LogP) is 4.29. The highest BCUT2D eigenvalue weighted by atomic mass is 16.2. The second-order valence-corrected chi connectivity index (χ2v) is 11.5. The lowest BCUT2D eigenvalue weighted by Crippen LogP contribution is -2.46. The lowest BCUT2D eigenvalue weighted by molar-refractivity contribution is -0.134. The topological polar surface area (TPSA) is 120 Å². The van der Waals surface area contributed by atoms with Gasteiger partial charge in [-0.3, -0.25) is 24.4 Å². The van der Waals surface area contributed by atoms with E-state index in [-0.39, 0.29) is 29.6 Å². The van der Waals surface area contributed by atoms with E-state index in [1.54, 1.807) is 43.1 Å². The lowest BCUT2D eigenvalue weighted by atomic mass is 9.90. The van der Waals surface area contributed by atoms with Gasteiger partial charge in [-0.2, -0.15) is 10.4 Å². The summed E-state index contributed by atoms with van der Waals surface area (Å²) < 4.78 is 1.62. The highest BCUT2D eigenvalue weighted by Crippen LogP contribution is 2.30. The van der Waals surface area contributed by atoms with E-state index in [9.17, 15) is 19.6 Å². The predicted molar refractivity (Wildman–Crippen MR) is 163 cm³/mol. The van der Waals surface area contributed by atoms with Crippen LogP contribution in [0.25, 0.3) is 10.8 Å². The number of hydrogen-bond acceptors (Lipinski definition) is 6. The molecule has 0 aliphatic carbocycles. The van der Waals surface area contributed by atoms with Gasteiger partial charge in [0.05, 0.1) is 35.2 Å². The van der Waals surface area contributed by atoms with Gasteiger partial charge in [0.15, 0.2) is 0 Å². The Bertz CT molecular complexity index is 1850. The second kappa shape index (κ2) is 11.1. The minimum absolute atomic E-state index is 0.208. The van der Waals surface area contributed by atoms with Gasteiger partial charge < -0.3 is 10.2 Å². The van der Waals surface area contributed by atoms with Crippen molar-refractivity contribution < 1.29 is 14.4 Å². The number of fused-ring (bicyclic) bond motifs is 1. The Balaban J connectivity index is 1.06. The molecule has 1 aromatic heterocycles. The number of rotatable bonds is 5. The maximum absolute atomic E-state index is 13.4. The van der Waals surface area contributed by atoms with Crippen molar-refractivity contribution in [2.24, 2.45) is 5.92 Å². The fourth-order valence-corrected chi connectivity index (χ4v) is 5.47. The van der Waals surface area contributed by atoms with Gasteiger partial charge in [0.25, 0.3) is 5.91 Å². The first kappa shape index (κ1) is 27.7. The molecule has 2 aliphatic rings. The van der Waals surface area contributed by atoms with Crippen LogP contribution >= 0.6 is 0 Å². The van der Waals surface area contributed by atoms with E-state index in [2.05, 4.69) is 38.5 Å². The van der Waals surface area contributed by atoms with E-state index < -0.39 is 5.54 Å². The summed E-state index contributed by atoms with van der Waals surface area (Å²) in [5, 5.41) is 20.9. The van der Waals surface area contributed by atoms with Gasteiger partial charge in [-0.25, -0.2) is 0 Å². The second-order valence-electron chi connectivity index (χ2n) is 11.5. The summed E-state index contributed by atoms with van der Waals surface area (Å²) >= 11 is 0. The van der Waals surface area contributed by atoms with Crippen LogP contribution < -0.4 is 15.5 Å². The summed E-state index contributed by atoms with van der Waals surface area (Å²) in [5.41, 5.74) is 2.94. The molecule has 9 nitrogen and oxygen atoms in total. The van der Waals surface area contributed by atoms with E-state index in [0.29, 0.717) is 24.1 Å². The number of hydrogen-bond donors (Lipinski definition) is 2. The zero-order chi connectivity index (χ0) is 30.1. The maximum atomic E-state index is 13.4. The van der Waals surface area contributed by atoms with Crippen molar-refractivity contribution in [1.29, 1.82) is 5.26 Å². The van der Waals surface area contributed by atoms with Crippen molar-refractivity contribution in [3.63, 3.8) is 0 Å². The molecule has 2 aliphatic heterocycles. The van der Waals surface area contributed by atoms with Crippen molar-refractivity contribution in [2.45, 2.75) is 38.1 Å². The third-order valence-corrected chi connectivity index (χ3v) is 8.21. The SMILES string of the molecule is CC(C)(C(=O)Nc1ccc(C#N)c2ccccc12)n1cc(C#CC2CN(c3ccc(C4CCC(=O)NC4=O)cc3)C2)cn1. The van der Waals surface area contributed by atoms with Crippen molar-refractivity contribution in [3.8, 4) is 17.9 Å². The molecule has 2 saturated heterocycles. The molecule has 3 aromatic carbocycles. The van der Waals surface area contributed by atoms with E-state index in [0.717, 1.165) is 40.7 Å². The molecule has 0 bridgehead atoms. The van der Waals surface area contributed by atoms with Crippen LogP contribution in [0.1, 0.15) is 49.3 Å². The highest BCUT2D eigenvalue weighted by Gasteiger charge is 2.32. The molecule has 0 radical (unpaired) electrons.